The molecule has 0 heterocycles. The lowest BCUT2D eigenvalue weighted by Gasteiger charge is -2.20. The highest BCUT2D eigenvalue weighted by Crippen LogP contribution is 1.96. The first-order valence-corrected chi connectivity index (χ1v) is 5.96. The van der Waals surface area contributed by atoms with E-state index in [1.54, 1.807) is 6.92 Å². The third-order valence-electron chi connectivity index (χ3n) is 2.30. The summed E-state index contributed by atoms with van der Waals surface area (Å²) in [5.74, 6) is -2.66. The third kappa shape index (κ3) is 7.19. The van der Waals surface area contributed by atoms with Gasteiger partial charge in [-0.05, 0) is 6.92 Å². The largest absolute Gasteiger partial charge is 0.480 e. The Morgan fingerprint density at radius 2 is 1.95 bits per heavy atom. The number of carbonyl (C=O) groups excluding carboxylic acids is 3. The summed E-state index contributed by atoms with van der Waals surface area (Å²) in [5.41, 5.74) is 4.89. The maximum absolute atomic E-state index is 11.7. The molecule has 0 aromatic heterocycles. The van der Waals surface area contributed by atoms with Crippen LogP contribution >= 0.6 is 0 Å². The number of carboxylic acids is 1. The van der Waals surface area contributed by atoms with Crippen LogP contribution in [0.15, 0.2) is 0 Å². The van der Waals surface area contributed by atoms with Crippen LogP contribution in [0.5, 0.6) is 0 Å². The van der Waals surface area contributed by atoms with E-state index in [0.717, 1.165) is 4.90 Å². The number of aliphatic carboxylic acids is 1. The normalized spacial score (nSPS) is 11.3. The van der Waals surface area contributed by atoms with Gasteiger partial charge in [0.25, 0.3) is 0 Å². The van der Waals surface area contributed by atoms with Crippen LogP contribution in [0.3, 0.4) is 0 Å². The number of esters is 1. The van der Waals surface area contributed by atoms with Crippen LogP contribution in [0.1, 0.15) is 19.8 Å². The molecule has 0 fully saturated rings. The molecule has 0 aromatic rings. The van der Waals surface area contributed by atoms with Gasteiger partial charge in [-0.3, -0.25) is 9.59 Å². The number of hydrogen-bond acceptors (Lipinski definition) is 5. The predicted molar refractivity (Wildman–Crippen MR) is 67.6 cm³/mol. The van der Waals surface area contributed by atoms with Gasteiger partial charge in [0.05, 0.1) is 19.4 Å². The highest BCUT2D eigenvalue weighted by atomic mass is 16.5. The summed E-state index contributed by atoms with van der Waals surface area (Å²) in [5, 5.41) is 11.0. The molecule has 0 aliphatic heterocycles. The molecule has 0 bridgehead atoms. The molecule has 0 aromatic carbocycles. The first kappa shape index (κ1) is 17.7. The Bertz CT molecular complexity index is 384. The van der Waals surface area contributed by atoms with Gasteiger partial charge in [0.15, 0.2) is 0 Å². The Kier molecular flexibility index (Phi) is 7.71. The Morgan fingerprint density at radius 1 is 1.35 bits per heavy atom. The van der Waals surface area contributed by atoms with Gasteiger partial charge >= 0.3 is 18.0 Å². The summed E-state index contributed by atoms with van der Waals surface area (Å²) in [6.45, 7) is 1.97. The number of primary amides is 1. The summed E-state index contributed by atoms with van der Waals surface area (Å²) in [6, 6.07) is -2.12. The molecule has 1 unspecified atom stereocenters. The number of rotatable bonds is 8. The van der Waals surface area contributed by atoms with E-state index in [1.165, 1.54) is 7.05 Å². The number of nitrogens with zero attached hydrogens (tertiary/aromatic N) is 1. The lowest BCUT2D eigenvalue weighted by atomic mass is 10.2. The second-order valence-electron chi connectivity index (χ2n) is 3.99. The van der Waals surface area contributed by atoms with Crippen LogP contribution in [0.2, 0.25) is 0 Å². The molecule has 9 heteroatoms. The van der Waals surface area contributed by atoms with Crippen LogP contribution in [-0.4, -0.2) is 60.1 Å². The molecular formula is C11H19N3O6. The standard InChI is InChI=1S/C11H19N3O6/c1-3-20-9(16)4-5-14(2)11(19)13-7(10(17)18)6-8(12)15/h7H,3-6H2,1-2H3,(H2,12,15)(H,13,19)(H,17,18). The summed E-state index contributed by atoms with van der Waals surface area (Å²) >= 11 is 0. The van der Waals surface area contributed by atoms with Crippen LogP contribution in [0.4, 0.5) is 4.79 Å². The SMILES string of the molecule is CCOC(=O)CCN(C)C(=O)NC(CC(N)=O)C(=O)O. The third-order valence-corrected chi connectivity index (χ3v) is 2.30. The first-order chi connectivity index (χ1) is 9.27. The molecule has 0 aliphatic carbocycles. The number of nitrogens with two attached hydrogens (primary N) is 1. The van der Waals surface area contributed by atoms with Gasteiger partial charge in [0.1, 0.15) is 6.04 Å². The molecule has 0 saturated carbocycles. The maximum Gasteiger partial charge on any atom is 0.326 e. The molecule has 114 valence electrons. The van der Waals surface area contributed by atoms with E-state index >= 15 is 0 Å². The lowest BCUT2D eigenvalue weighted by Crippen LogP contribution is -2.48. The van der Waals surface area contributed by atoms with E-state index < -0.39 is 36.3 Å². The van der Waals surface area contributed by atoms with Gasteiger partial charge in [-0.25, -0.2) is 9.59 Å². The van der Waals surface area contributed by atoms with Gasteiger partial charge in [0, 0.05) is 13.6 Å². The minimum absolute atomic E-state index is 0.00861. The van der Waals surface area contributed by atoms with Crippen molar-refractivity contribution in [3.63, 3.8) is 0 Å². The summed E-state index contributed by atoms with van der Waals surface area (Å²) in [6.07, 6.45) is -0.516. The average Bonchev–Trinajstić information content (AvgIpc) is 2.34. The monoisotopic (exact) mass is 289 g/mol. The average molecular weight is 289 g/mol. The van der Waals surface area contributed by atoms with Crippen molar-refractivity contribution >= 4 is 23.9 Å². The summed E-state index contributed by atoms with van der Waals surface area (Å²) in [4.78, 5) is 45.4. The van der Waals surface area contributed by atoms with Crippen molar-refractivity contribution in [2.75, 3.05) is 20.2 Å². The second-order valence-corrected chi connectivity index (χ2v) is 3.99. The minimum Gasteiger partial charge on any atom is -0.480 e. The van der Waals surface area contributed by atoms with Crippen LogP contribution in [0.25, 0.3) is 0 Å². The minimum atomic E-state index is -1.40. The van der Waals surface area contributed by atoms with Crippen molar-refractivity contribution < 1.29 is 29.0 Å². The number of nitrogens with one attached hydrogen (secondary N) is 1. The molecule has 0 rings (SSSR count). The Hall–Kier alpha value is -2.32. The highest BCUT2D eigenvalue weighted by molar-refractivity contribution is 5.87. The number of carbonyl (C=O) groups is 4. The Labute approximate surface area is 116 Å². The van der Waals surface area contributed by atoms with Gasteiger partial charge < -0.3 is 25.8 Å². The fourth-order valence-electron chi connectivity index (χ4n) is 1.25. The van der Waals surface area contributed by atoms with Crippen LogP contribution in [-0.2, 0) is 19.1 Å². The van der Waals surface area contributed by atoms with Gasteiger partial charge in [-0.2, -0.15) is 0 Å². The maximum atomic E-state index is 11.7. The Morgan fingerprint density at radius 3 is 2.40 bits per heavy atom. The molecule has 0 radical (unpaired) electrons. The number of carboxylic acid groups (broad SMARTS) is 1. The van der Waals surface area contributed by atoms with Crippen molar-refractivity contribution in [2.24, 2.45) is 5.73 Å². The van der Waals surface area contributed by atoms with Crippen molar-refractivity contribution in [2.45, 2.75) is 25.8 Å². The molecule has 0 aliphatic rings. The number of ether oxygens (including phenoxy) is 1. The van der Waals surface area contributed by atoms with E-state index in [1.807, 2.05) is 0 Å². The van der Waals surface area contributed by atoms with Gasteiger partial charge in [-0.1, -0.05) is 0 Å². The fraction of sp³-hybridized carbons (Fsp3) is 0.636. The number of urea groups is 1. The molecular weight excluding hydrogens is 270 g/mol. The van der Waals surface area contributed by atoms with E-state index in [2.05, 4.69) is 5.32 Å². The Balaban J connectivity index is 4.31. The zero-order valence-electron chi connectivity index (χ0n) is 11.4. The molecule has 3 amide bonds. The topological polar surface area (TPSA) is 139 Å². The summed E-state index contributed by atoms with van der Waals surface area (Å²) in [7, 11) is 1.39. The molecule has 20 heavy (non-hydrogen) atoms. The number of hydrogen-bond donors (Lipinski definition) is 3. The van der Waals surface area contributed by atoms with E-state index in [9.17, 15) is 19.2 Å². The molecule has 1 atom stereocenters. The number of amides is 3. The van der Waals surface area contributed by atoms with Crippen LogP contribution < -0.4 is 11.1 Å². The molecule has 0 spiro atoms. The van der Waals surface area contributed by atoms with Crippen molar-refractivity contribution in [3.05, 3.63) is 0 Å². The highest BCUT2D eigenvalue weighted by Gasteiger charge is 2.23. The lowest BCUT2D eigenvalue weighted by molar-refractivity contribution is -0.143. The smallest absolute Gasteiger partial charge is 0.326 e. The van der Waals surface area contributed by atoms with Crippen LogP contribution in [0, 0.1) is 0 Å². The molecule has 9 nitrogen and oxygen atoms in total. The van der Waals surface area contributed by atoms with E-state index in [-0.39, 0.29) is 19.6 Å². The molecule has 4 N–H and O–H groups in total. The van der Waals surface area contributed by atoms with Crippen molar-refractivity contribution in [3.8, 4) is 0 Å². The van der Waals surface area contributed by atoms with Gasteiger partial charge in [-0.15, -0.1) is 0 Å². The van der Waals surface area contributed by atoms with Crippen molar-refractivity contribution in [1.82, 2.24) is 10.2 Å². The quantitative estimate of drug-likeness (QED) is 0.485. The summed E-state index contributed by atoms with van der Waals surface area (Å²) < 4.78 is 4.69. The fourth-order valence-corrected chi connectivity index (χ4v) is 1.25. The second kappa shape index (κ2) is 8.73. The molecule has 0 saturated heterocycles. The predicted octanol–water partition coefficient (Wildman–Crippen LogP) is -1.09. The van der Waals surface area contributed by atoms with E-state index in [4.69, 9.17) is 15.6 Å². The van der Waals surface area contributed by atoms with Gasteiger partial charge in [0.2, 0.25) is 5.91 Å². The van der Waals surface area contributed by atoms with Crippen molar-refractivity contribution in [1.29, 1.82) is 0 Å². The first-order valence-electron chi connectivity index (χ1n) is 5.96. The van der Waals surface area contributed by atoms with E-state index in [0.29, 0.717) is 0 Å². The zero-order valence-corrected chi connectivity index (χ0v) is 11.4. The zero-order chi connectivity index (χ0) is 15.7.